The highest BCUT2D eigenvalue weighted by atomic mass is 19.4. The molecule has 0 fully saturated rings. The van der Waals surface area contributed by atoms with Gasteiger partial charge in [-0.05, 0) is 44.4 Å². The number of halogens is 3. The molecular weight excluding hydrogens is 297 g/mol. The van der Waals surface area contributed by atoms with Gasteiger partial charge in [0.2, 0.25) is 0 Å². The molecule has 0 aliphatic carbocycles. The van der Waals surface area contributed by atoms with E-state index >= 15 is 0 Å². The summed E-state index contributed by atoms with van der Waals surface area (Å²) in [6.45, 7) is 5.02. The summed E-state index contributed by atoms with van der Waals surface area (Å²) < 4.78 is 43.2. The van der Waals surface area contributed by atoms with Crippen LogP contribution in [0.25, 0.3) is 10.8 Å². The molecule has 6 heteroatoms. The van der Waals surface area contributed by atoms with Gasteiger partial charge in [0.1, 0.15) is 11.5 Å². The van der Waals surface area contributed by atoms with E-state index < -0.39 is 23.1 Å². The van der Waals surface area contributed by atoms with Gasteiger partial charge in [0.05, 0.1) is 11.0 Å². The zero-order valence-electron chi connectivity index (χ0n) is 12.3. The molecule has 118 valence electrons. The topological polar surface area (TPSA) is 46.5 Å². The highest BCUT2D eigenvalue weighted by molar-refractivity contribution is 5.91. The van der Waals surface area contributed by atoms with Crippen molar-refractivity contribution in [1.82, 2.24) is 0 Å². The number of rotatable bonds is 1. The van der Waals surface area contributed by atoms with Crippen LogP contribution in [0.1, 0.15) is 26.3 Å². The van der Waals surface area contributed by atoms with E-state index in [-0.39, 0.29) is 16.9 Å². The lowest BCUT2D eigenvalue weighted by atomic mass is 9.97. The van der Waals surface area contributed by atoms with Crippen molar-refractivity contribution in [2.75, 3.05) is 0 Å². The Morgan fingerprint density at radius 3 is 2.27 bits per heavy atom. The minimum absolute atomic E-state index is 0.0467. The molecule has 0 atom stereocenters. The lowest BCUT2D eigenvalue weighted by molar-refractivity contribution is -0.143. The number of ether oxygens (including phenoxy) is 1. The standard InChI is InChI=1S/C16H15F3O3/c1-15(2,3)14(21)22-11-6-9-4-5-10(16(17,18)19)7-12(9)13(20)8-11/h4-8,20H,1-3H3. The predicted molar refractivity (Wildman–Crippen MR) is 75.7 cm³/mol. The average molecular weight is 312 g/mol. The molecule has 2 aromatic rings. The molecule has 0 aromatic heterocycles. The number of esters is 1. The first-order chi connectivity index (χ1) is 9.98. The molecule has 0 aliphatic heterocycles. The third kappa shape index (κ3) is 3.32. The van der Waals surface area contributed by atoms with Gasteiger partial charge in [-0.25, -0.2) is 0 Å². The monoisotopic (exact) mass is 312 g/mol. The molecule has 3 nitrogen and oxygen atoms in total. The maximum Gasteiger partial charge on any atom is 0.416 e. The van der Waals surface area contributed by atoms with Gasteiger partial charge in [0.15, 0.2) is 0 Å². The Morgan fingerprint density at radius 2 is 1.73 bits per heavy atom. The van der Waals surface area contributed by atoms with Crippen molar-refractivity contribution >= 4 is 16.7 Å². The first-order valence-corrected chi connectivity index (χ1v) is 6.55. The first kappa shape index (κ1) is 16.1. The van der Waals surface area contributed by atoms with Gasteiger partial charge in [0, 0.05) is 11.5 Å². The van der Waals surface area contributed by atoms with Gasteiger partial charge in [-0.2, -0.15) is 13.2 Å². The Labute approximate surface area is 125 Å². The molecule has 0 saturated heterocycles. The lowest BCUT2D eigenvalue weighted by Gasteiger charge is -2.17. The molecular formula is C16H15F3O3. The van der Waals surface area contributed by atoms with Crippen LogP contribution in [-0.4, -0.2) is 11.1 Å². The Hall–Kier alpha value is -2.24. The molecule has 0 spiro atoms. The van der Waals surface area contributed by atoms with E-state index in [4.69, 9.17) is 4.74 Å². The van der Waals surface area contributed by atoms with Crippen LogP contribution in [0.2, 0.25) is 0 Å². The van der Waals surface area contributed by atoms with Crippen LogP contribution in [0, 0.1) is 5.41 Å². The van der Waals surface area contributed by atoms with Gasteiger partial charge in [-0.1, -0.05) is 6.07 Å². The van der Waals surface area contributed by atoms with Crippen molar-refractivity contribution in [3.05, 3.63) is 35.9 Å². The molecule has 2 rings (SSSR count). The molecule has 2 aromatic carbocycles. The SMILES string of the molecule is CC(C)(C)C(=O)Oc1cc(O)c2cc(C(F)(F)F)ccc2c1. The molecule has 0 aliphatic rings. The molecule has 0 heterocycles. The predicted octanol–water partition coefficient (Wildman–Crippen LogP) is 4.52. The summed E-state index contributed by atoms with van der Waals surface area (Å²) in [7, 11) is 0. The molecule has 0 unspecified atom stereocenters. The highest BCUT2D eigenvalue weighted by Crippen LogP contribution is 2.36. The van der Waals surface area contributed by atoms with Crippen molar-refractivity contribution in [3.63, 3.8) is 0 Å². The average Bonchev–Trinajstić information content (AvgIpc) is 2.36. The van der Waals surface area contributed by atoms with Gasteiger partial charge >= 0.3 is 12.1 Å². The van der Waals surface area contributed by atoms with E-state index in [1.165, 1.54) is 12.1 Å². The number of hydrogen-bond acceptors (Lipinski definition) is 3. The third-order valence-electron chi connectivity index (χ3n) is 3.06. The second kappa shape index (κ2) is 5.19. The molecule has 0 saturated carbocycles. The van der Waals surface area contributed by atoms with Gasteiger partial charge in [-0.15, -0.1) is 0 Å². The second-order valence-corrected chi connectivity index (χ2v) is 6.02. The zero-order chi connectivity index (χ0) is 16.7. The van der Waals surface area contributed by atoms with Crippen molar-refractivity contribution in [2.24, 2.45) is 5.41 Å². The normalized spacial score (nSPS) is 12.5. The van der Waals surface area contributed by atoms with Crippen molar-refractivity contribution in [2.45, 2.75) is 26.9 Å². The molecule has 1 N–H and O–H groups in total. The lowest BCUT2D eigenvalue weighted by Crippen LogP contribution is -2.25. The smallest absolute Gasteiger partial charge is 0.416 e. The maximum atomic E-state index is 12.7. The number of carbonyl (C=O) groups is 1. The van der Waals surface area contributed by atoms with E-state index in [0.29, 0.717) is 5.39 Å². The maximum absolute atomic E-state index is 12.7. The summed E-state index contributed by atoms with van der Waals surface area (Å²) in [6.07, 6.45) is -4.49. The van der Waals surface area contributed by atoms with Crippen molar-refractivity contribution < 1.29 is 27.8 Å². The van der Waals surface area contributed by atoms with E-state index in [2.05, 4.69) is 0 Å². The quantitative estimate of drug-likeness (QED) is 0.622. The second-order valence-electron chi connectivity index (χ2n) is 6.02. The van der Waals surface area contributed by atoms with Crippen LogP contribution < -0.4 is 4.74 Å². The van der Waals surface area contributed by atoms with Crippen LogP contribution in [0.5, 0.6) is 11.5 Å². The molecule has 0 amide bonds. The van der Waals surface area contributed by atoms with E-state index in [1.807, 2.05) is 0 Å². The van der Waals surface area contributed by atoms with Crippen molar-refractivity contribution in [1.29, 1.82) is 0 Å². The number of aromatic hydroxyl groups is 1. The Morgan fingerprint density at radius 1 is 1.09 bits per heavy atom. The summed E-state index contributed by atoms with van der Waals surface area (Å²) in [6, 6.07) is 5.55. The third-order valence-corrected chi connectivity index (χ3v) is 3.06. The molecule has 22 heavy (non-hydrogen) atoms. The summed E-state index contributed by atoms with van der Waals surface area (Å²) in [5, 5.41) is 10.3. The number of fused-ring (bicyclic) bond motifs is 1. The number of carbonyl (C=O) groups excluding carboxylic acids is 1. The minimum atomic E-state index is -4.49. The molecule has 0 bridgehead atoms. The fourth-order valence-electron chi connectivity index (χ4n) is 1.81. The zero-order valence-corrected chi connectivity index (χ0v) is 12.3. The number of phenolic OH excluding ortho intramolecular Hbond substituents is 1. The number of hydrogen-bond donors (Lipinski definition) is 1. The summed E-state index contributed by atoms with van der Waals surface area (Å²) >= 11 is 0. The number of alkyl halides is 3. The van der Waals surface area contributed by atoms with Gasteiger partial charge in [-0.3, -0.25) is 4.79 Å². The van der Waals surface area contributed by atoms with Crippen LogP contribution in [0.15, 0.2) is 30.3 Å². The first-order valence-electron chi connectivity index (χ1n) is 6.55. The number of benzene rings is 2. The van der Waals surface area contributed by atoms with Gasteiger partial charge in [0.25, 0.3) is 0 Å². The van der Waals surface area contributed by atoms with E-state index in [9.17, 15) is 23.1 Å². The summed E-state index contributed by atoms with van der Waals surface area (Å²) in [5.41, 5.74) is -1.58. The highest BCUT2D eigenvalue weighted by Gasteiger charge is 2.31. The Balaban J connectivity index is 2.45. The Kier molecular flexibility index (Phi) is 3.81. The fraction of sp³-hybridized carbons (Fsp3) is 0.312. The van der Waals surface area contributed by atoms with Crippen molar-refractivity contribution in [3.8, 4) is 11.5 Å². The van der Waals surface area contributed by atoms with Gasteiger partial charge < -0.3 is 9.84 Å². The summed E-state index contributed by atoms with van der Waals surface area (Å²) in [4.78, 5) is 11.8. The van der Waals surface area contributed by atoms with Crippen LogP contribution in [0.4, 0.5) is 13.2 Å². The largest absolute Gasteiger partial charge is 0.507 e. The van der Waals surface area contributed by atoms with Crippen LogP contribution >= 0.6 is 0 Å². The van der Waals surface area contributed by atoms with Crippen LogP contribution in [-0.2, 0) is 11.0 Å². The van der Waals surface area contributed by atoms with Crippen LogP contribution in [0.3, 0.4) is 0 Å². The number of phenols is 1. The summed E-state index contributed by atoms with van der Waals surface area (Å²) in [5.74, 6) is -0.789. The van der Waals surface area contributed by atoms with E-state index in [1.54, 1.807) is 20.8 Å². The minimum Gasteiger partial charge on any atom is -0.507 e. The Bertz CT molecular complexity index is 728. The molecule has 0 radical (unpaired) electrons. The van der Waals surface area contributed by atoms with E-state index in [0.717, 1.165) is 18.2 Å². The fourth-order valence-corrected chi connectivity index (χ4v) is 1.81.